The van der Waals surface area contributed by atoms with Gasteiger partial charge in [-0.3, -0.25) is 0 Å². The molecule has 0 spiro atoms. The van der Waals surface area contributed by atoms with E-state index in [2.05, 4.69) is 0 Å². The summed E-state index contributed by atoms with van der Waals surface area (Å²) in [6.07, 6.45) is 0. The Morgan fingerprint density at radius 3 is 1.15 bits per heavy atom. The van der Waals surface area contributed by atoms with Crippen molar-refractivity contribution in [3.8, 4) is 34.1 Å². The molecule has 0 bridgehead atoms. The first-order chi connectivity index (χ1) is 23.8. The third kappa shape index (κ3) is 6.45. The van der Waals surface area contributed by atoms with Crippen molar-refractivity contribution in [1.82, 2.24) is 0 Å². The fourth-order valence-corrected chi connectivity index (χ4v) is 7.12. The Morgan fingerprint density at radius 1 is 0.354 bits per heavy atom. The van der Waals surface area contributed by atoms with E-state index in [1.165, 1.54) is 0 Å². The molecule has 0 fully saturated rings. The molecule has 2 aliphatic rings. The van der Waals surface area contributed by atoms with Gasteiger partial charge in [0.2, 0.25) is 11.8 Å². The molecule has 234 valence electrons. The molecule has 6 aromatic carbocycles. The third-order valence-corrected chi connectivity index (χ3v) is 9.31. The second-order valence-corrected chi connectivity index (χ2v) is 12.5. The van der Waals surface area contributed by atoms with Gasteiger partial charge in [0.1, 0.15) is 23.0 Å². The van der Waals surface area contributed by atoms with Crippen molar-refractivity contribution in [3.05, 3.63) is 169 Å². The van der Waals surface area contributed by atoms with Gasteiger partial charge in [0, 0.05) is 11.1 Å². The van der Waals surface area contributed by atoms with Crippen LogP contribution in [0.25, 0.3) is 11.1 Å². The van der Waals surface area contributed by atoms with Crippen LogP contribution in [0.4, 0.5) is 11.4 Å². The van der Waals surface area contributed by atoms with Crippen molar-refractivity contribution >= 4 is 40.4 Å². The van der Waals surface area contributed by atoms with Crippen LogP contribution < -0.4 is 18.1 Å². The zero-order valence-electron chi connectivity index (χ0n) is 25.2. The number of fused-ring (bicyclic) bond motifs is 2. The number of para-hydroxylation sites is 6. The minimum Gasteiger partial charge on any atom is -0.408 e. The summed E-state index contributed by atoms with van der Waals surface area (Å²) in [5, 5.41) is 0. The standard InChI is InChI=1S/C38H26N2O6P2/c1-3-15-27(16-4-1)39-37-31-21-9-13-25-35(31)43-47(45-37)41-33-23-11-7-19-29(33)30-20-8-12-24-34(30)42-48-44-36-26-14-10-22-32(36)38(46-48)40-28-17-5-2-6-18-28/h1-26H. The van der Waals surface area contributed by atoms with E-state index < -0.39 is 17.2 Å². The quantitative estimate of drug-likeness (QED) is 0.158. The predicted octanol–water partition coefficient (Wildman–Crippen LogP) is 10.9. The Hall–Kier alpha value is -5.68. The third-order valence-electron chi connectivity index (χ3n) is 7.29. The number of aliphatic imine (C=N–C) groups is 2. The molecule has 8 rings (SSSR count). The molecule has 0 amide bonds. The van der Waals surface area contributed by atoms with Gasteiger partial charge < -0.3 is 27.1 Å². The van der Waals surface area contributed by atoms with Crippen LogP contribution in [-0.2, 0) is 9.05 Å². The van der Waals surface area contributed by atoms with Crippen molar-refractivity contribution in [2.75, 3.05) is 0 Å². The normalized spacial score (nSPS) is 17.9. The van der Waals surface area contributed by atoms with E-state index in [9.17, 15) is 0 Å². The van der Waals surface area contributed by atoms with Gasteiger partial charge in [0.15, 0.2) is 0 Å². The van der Waals surface area contributed by atoms with Crippen LogP contribution in [0, 0.1) is 0 Å². The van der Waals surface area contributed by atoms with E-state index >= 15 is 0 Å². The molecule has 2 heterocycles. The molecule has 0 N–H and O–H groups in total. The average Bonchev–Trinajstić information content (AvgIpc) is 3.13. The minimum absolute atomic E-state index is 0.429. The SMILES string of the molecule is c1ccc(N=C2OP(Oc3ccccc3-c3ccccc3OP3OC(=Nc4ccccc4)c4ccccc4O3)Oc3ccccc32)cc1. The van der Waals surface area contributed by atoms with E-state index in [0.29, 0.717) is 34.8 Å². The summed E-state index contributed by atoms with van der Waals surface area (Å²) in [4.78, 5) is 9.51. The number of hydrogen-bond acceptors (Lipinski definition) is 8. The summed E-state index contributed by atoms with van der Waals surface area (Å²) in [5.74, 6) is 3.22. The van der Waals surface area contributed by atoms with Crippen molar-refractivity contribution in [2.45, 2.75) is 0 Å². The second kappa shape index (κ2) is 13.6. The molecular formula is C38H26N2O6P2. The molecule has 10 heteroatoms. The highest BCUT2D eigenvalue weighted by atomic mass is 31.2. The van der Waals surface area contributed by atoms with E-state index in [1.807, 2.05) is 158 Å². The van der Waals surface area contributed by atoms with Crippen LogP contribution in [0.3, 0.4) is 0 Å². The van der Waals surface area contributed by atoms with Gasteiger partial charge in [-0.15, -0.1) is 0 Å². The van der Waals surface area contributed by atoms with Gasteiger partial charge in [-0.05, 0) is 60.7 Å². The first-order valence-corrected chi connectivity index (χ1v) is 17.3. The van der Waals surface area contributed by atoms with E-state index in [0.717, 1.165) is 33.6 Å². The summed E-state index contributed by atoms with van der Waals surface area (Å²) in [7, 11) is -3.79. The molecular weight excluding hydrogens is 642 g/mol. The summed E-state index contributed by atoms with van der Waals surface area (Å²) in [5.41, 5.74) is 4.57. The van der Waals surface area contributed by atoms with Crippen LogP contribution in [0.5, 0.6) is 23.0 Å². The molecule has 48 heavy (non-hydrogen) atoms. The molecule has 2 atom stereocenters. The fraction of sp³-hybridized carbons (Fsp3) is 0. The number of nitrogens with zero attached hydrogens (tertiary/aromatic N) is 2. The maximum Gasteiger partial charge on any atom is 0.531 e. The molecule has 0 radical (unpaired) electrons. The zero-order valence-corrected chi connectivity index (χ0v) is 27.0. The predicted molar refractivity (Wildman–Crippen MR) is 189 cm³/mol. The van der Waals surface area contributed by atoms with E-state index in [4.69, 9.17) is 37.1 Å². The average molecular weight is 669 g/mol. The molecule has 0 saturated carbocycles. The largest absolute Gasteiger partial charge is 0.531 e. The highest BCUT2D eigenvalue weighted by Crippen LogP contribution is 2.53. The molecule has 2 unspecified atom stereocenters. The molecule has 0 saturated heterocycles. The van der Waals surface area contributed by atoms with Crippen molar-refractivity contribution in [2.24, 2.45) is 9.98 Å². The maximum absolute atomic E-state index is 6.45. The topological polar surface area (TPSA) is 80.1 Å². The number of rotatable bonds is 7. The highest BCUT2D eigenvalue weighted by Gasteiger charge is 2.34. The van der Waals surface area contributed by atoms with Gasteiger partial charge >= 0.3 is 17.2 Å². The Balaban J connectivity index is 1.08. The molecule has 8 nitrogen and oxygen atoms in total. The summed E-state index contributed by atoms with van der Waals surface area (Å²) >= 11 is 0. The van der Waals surface area contributed by atoms with Gasteiger partial charge in [0.05, 0.1) is 22.5 Å². The van der Waals surface area contributed by atoms with E-state index in [1.54, 1.807) is 0 Å². The van der Waals surface area contributed by atoms with Crippen LogP contribution in [0.1, 0.15) is 11.1 Å². The number of hydrogen-bond donors (Lipinski definition) is 0. The summed E-state index contributed by atoms with van der Waals surface area (Å²) < 4.78 is 37.8. The first-order valence-electron chi connectivity index (χ1n) is 15.1. The van der Waals surface area contributed by atoms with Crippen molar-refractivity contribution in [3.63, 3.8) is 0 Å². The Bertz CT molecular complexity index is 1980. The maximum atomic E-state index is 6.45. The lowest BCUT2D eigenvalue weighted by Crippen LogP contribution is -2.16. The molecule has 0 aromatic heterocycles. The summed E-state index contributed by atoms with van der Waals surface area (Å²) in [6, 6.07) is 49.8. The lowest BCUT2D eigenvalue weighted by molar-refractivity contribution is 0.368. The van der Waals surface area contributed by atoms with Crippen LogP contribution in [0.2, 0.25) is 0 Å². The second-order valence-electron chi connectivity index (χ2n) is 10.5. The van der Waals surface area contributed by atoms with Gasteiger partial charge in [-0.1, -0.05) is 97.1 Å². The Labute approximate surface area is 279 Å². The zero-order chi connectivity index (χ0) is 32.1. The van der Waals surface area contributed by atoms with Crippen LogP contribution in [-0.4, -0.2) is 11.8 Å². The molecule has 6 aromatic rings. The van der Waals surface area contributed by atoms with Gasteiger partial charge in [0.25, 0.3) is 0 Å². The van der Waals surface area contributed by atoms with Crippen molar-refractivity contribution < 1.29 is 27.1 Å². The minimum atomic E-state index is -1.89. The first kappa shape index (κ1) is 29.7. The highest BCUT2D eigenvalue weighted by molar-refractivity contribution is 7.43. The lowest BCUT2D eigenvalue weighted by Gasteiger charge is -2.26. The van der Waals surface area contributed by atoms with Gasteiger partial charge in [-0.25, -0.2) is 9.98 Å². The molecule has 0 aliphatic carbocycles. The van der Waals surface area contributed by atoms with Crippen LogP contribution >= 0.6 is 17.2 Å². The molecule has 2 aliphatic heterocycles. The lowest BCUT2D eigenvalue weighted by atomic mass is 10.0. The van der Waals surface area contributed by atoms with Gasteiger partial charge in [-0.2, -0.15) is 0 Å². The number of benzene rings is 6. The van der Waals surface area contributed by atoms with Crippen LogP contribution in [0.15, 0.2) is 168 Å². The Morgan fingerprint density at radius 2 is 0.708 bits per heavy atom. The monoisotopic (exact) mass is 668 g/mol. The van der Waals surface area contributed by atoms with Crippen molar-refractivity contribution in [1.29, 1.82) is 0 Å². The summed E-state index contributed by atoms with van der Waals surface area (Å²) in [6.45, 7) is 0. The van der Waals surface area contributed by atoms with E-state index in [-0.39, 0.29) is 0 Å². The smallest absolute Gasteiger partial charge is 0.408 e. The Kier molecular flexibility index (Phi) is 8.41. The fourth-order valence-electron chi connectivity index (χ4n) is 5.06.